The van der Waals surface area contributed by atoms with Crippen LogP contribution in [-0.4, -0.2) is 25.7 Å². The van der Waals surface area contributed by atoms with Gasteiger partial charge in [0.2, 0.25) is 11.9 Å². The van der Waals surface area contributed by atoms with Gasteiger partial charge in [-0.15, -0.1) is 0 Å². The first-order valence-corrected chi connectivity index (χ1v) is 10.9. The van der Waals surface area contributed by atoms with Gasteiger partial charge in [0, 0.05) is 35.4 Å². The maximum absolute atomic E-state index is 11.7. The number of carbonyl (C=O) groups excluding carboxylic acids is 1. The number of nitrogens with zero attached hydrogens (tertiary/aromatic N) is 5. The number of hydrogen-bond donors (Lipinski definition) is 1. The molecule has 7 heteroatoms. The highest BCUT2D eigenvalue weighted by Gasteiger charge is 2.22. The first-order valence-electron chi connectivity index (χ1n) is 10.9. The molecule has 2 heterocycles. The van der Waals surface area contributed by atoms with Crippen LogP contribution in [0, 0.1) is 13.8 Å². The Hall–Kier alpha value is -4.52. The van der Waals surface area contributed by atoms with Crippen LogP contribution in [0.1, 0.15) is 21.5 Å². The maximum atomic E-state index is 11.7. The summed E-state index contributed by atoms with van der Waals surface area (Å²) in [5.74, 6) is 0.0627. The number of rotatable bonds is 5. The van der Waals surface area contributed by atoms with Crippen molar-refractivity contribution in [1.82, 2.24) is 19.7 Å². The average molecular weight is 449 g/mol. The number of nitrogens with two attached hydrogens (primary N) is 1. The van der Waals surface area contributed by atoms with Gasteiger partial charge in [0.15, 0.2) is 0 Å². The highest BCUT2D eigenvalue weighted by molar-refractivity contribution is 5.95. The number of aryl methyl sites for hydroxylation is 3. The minimum Gasteiger partial charge on any atom is -0.366 e. The third kappa shape index (κ3) is 3.77. The summed E-state index contributed by atoms with van der Waals surface area (Å²) in [6.45, 7) is 4.13. The van der Waals surface area contributed by atoms with Crippen LogP contribution in [0.5, 0.6) is 0 Å². The van der Waals surface area contributed by atoms with Crippen LogP contribution in [0.25, 0.3) is 22.2 Å². The normalized spacial score (nSPS) is 11.0. The molecule has 2 N–H and O–H groups in total. The largest absolute Gasteiger partial charge is 0.366 e. The molecular formula is C27H24N6O. The lowest BCUT2D eigenvalue weighted by Crippen LogP contribution is -2.17. The van der Waals surface area contributed by atoms with Crippen molar-refractivity contribution >= 4 is 34.1 Å². The monoisotopic (exact) mass is 448 g/mol. The number of anilines is 3. The van der Waals surface area contributed by atoms with Crippen LogP contribution in [0.3, 0.4) is 0 Å². The Morgan fingerprint density at radius 1 is 0.912 bits per heavy atom. The Labute approximate surface area is 197 Å². The lowest BCUT2D eigenvalue weighted by atomic mass is 10.1. The summed E-state index contributed by atoms with van der Waals surface area (Å²) >= 11 is 0. The molecule has 0 bridgehead atoms. The summed E-state index contributed by atoms with van der Waals surface area (Å²) in [6, 6.07) is 21.3. The molecule has 0 saturated heterocycles. The standard InChI is InChI=1S/C27H24N6O/c1-17-7-6-8-18(2)25(17)33(21-13-11-19(12-14-21)26(28)34)27-30-23-10-5-4-9-22(23)24(31-27)20-15-29-32(3)16-20/h4-16H,1-3H3,(H2,28,34). The number of primary amides is 1. The van der Waals surface area contributed by atoms with E-state index in [4.69, 9.17) is 15.7 Å². The number of fused-ring (bicyclic) bond motifs is 1. The number of aromatic nitrogens is 4. The van der Waals surface area contributed by atoms with E-state index in [1.54, 1.807) is 16.8 Å². The summed E-state index contributed by atoms with van der Waals surface area (Å²) < 4.78 is 1.76. The van der Waals surface area contributed by atoms with Crippen LogP contribution in [0.15, 0.2) is 79.1 Å². The molecule has 0 aliphatic carbocycles. The molecule has 168 valence electrons. The minimum absolute atomic E-state index is 0.445. The summed E-state index contributed by atoms with van der Waals surface area (Å²) in [6.07, 6.45) is 3.76. The molecule has 0 unspecified atom stereocenters. The number of benzene rings is 3. The van der Waals surface area contributed by atoms with E-state index in [0.29, 0.717) is 11.5 Å². The molecule has 34 heavy (non-hydrogen) atoms. The van der Waals surface area contributed by atoms with Gasteiger partial charge < -0.3 is 5.73 Å². The number of amides is 1. The number of carbonyl (C=O) groups is 1. The molecule has 0 atom stereocenters. The summed E-state index contributed by atoms with van der Waals surface area (Å²) in [7, 11) is 1.89. The highest BCUT2D eigenvalue weighted by atomic mass is 16.1. The zero-order valence-electron chi connectivity index (χ0n) is 19.2. The maximum Gasteiger partial charge on any atom is 0.248 e. The average Bonchev–Trinajstić information content (AvgIpc) is 3.27. The summed E-state index contributed by atoms with van der Waals surface area (Å²) in [5.41, 5.74) is 12.4. The van der Waals surface area contributed by atoms with Crippen molar-refractivity contribution in [1.29, 1.82) is 0 Å². The molecule has 7 nitrogen and oxygen atoms in total. The van der Waals surface area contributed by atoms with E-state index in [0.717, 1.165) is 44.7 Å². The van der Waals surface area contributed by atoms with Crippen molar-refractivity contribution in [3.63, 3.8) is 0 Å². The first kappa shape index (κ1) is 21.3. The molecule has 2 aromatic heterocycles. The van der Waals surface area contributed by atoms with Crippen molar-refractivity contribution in [2.45, 2.75) is 13.8 Å². The molecule has 0 aliphatic rings. The zero-order chi connectivity index (χ0) is 23.8. The van der Waals surface area contributed by atoms with E-state index in [1.165, 1.54) is 0 Å². The second-order valence-electron chi connectivity index (χ2n) is 8.28. The zero-order valence-corrected chi connectivity index (χ0v) is 19.2. The van der Waals surface area contributed by atoms with Crippen LogP contribution in [0.4, 0.5) is 17.3 Å². The van der Waals surface area contributed by atoms with Crippen molar-refractivity contribution in [2.24, 2.45) is 12.8 Å². The molecule has 3 aromatic carbocycles. The third-order valence-corrected chi connectivity index (χ3v) is 5.84. The van der Waals surface area contributed by atoms with Gasteiger partial charge in [-0.3, -0.25) is 14.4 Å². The Morgan fingerprint density at radius 2 is 1.62 bits per heavy atom. The van der Waals surface area contributed by atoms with E-state index in [-0.39, 0.29) is 0 Å². The summed E-state index contributed by atoms with van der Waals surface area (Å²) in [5, 5.41) is 5.29. The van der Waals surface area contributed by atoms with Crippen molar-refractivity contribution in [2.75, 3.05) is 4.90 Å². The molecule has 0 saturated carbocycles. The van der Waals surface area contributed by atoms with Crippen LogP contribution in [-0.2, 0) is 7.05 Å². The quantitative estimate of drug-likeness (QED) is 0.398. The molecule has 0 spiro atoms. The van der Waals surface area contributed by atoms with Crippen LogP contribution < -0.4 is 10.6 Å². The van der Waals surface area contributed by atoms with E-state index in [9.17, 15) is 4.79 Å². The minimum atomic E-state index is -0.467. The van der Waals surface area contributed by atoms with Gasteiger partial charge in [-0.25, -0.2) is 9.97 Å². The summed E-state index contributed by atoms with van der Waals surface area (Å²) in [4.78, 5) is 23.7. The fraction of sp³-hybridized carbons (Fsp3) is 0.111. The van der Waals surface area contributed by atoms with Gasteiger partial charge in [-0.05, 0) is 55.3 Å². The predicted octanol–water partition coefficient (Wildman–Crippen LogP) is 5.22. The van der Waals surface area contributed by atoms with Crippen LogP contribution >= 0.6 is 0 Å². The molecule has 0 fully saturated rings. The Kier molecular flexibility index (Phi) is 5.30. The highest BCUT2D eigenvalue weighted by Crippen LogP contribution is 2.39. The fourth-order valence-corrected chi connectivity index (χ4v) is 4.21. The second-order valence-corrected chi connectivity index (χ2v) is 8.28. The fourth-order valence-electron chi connectivity index (χ4n) is 4.21. The topological polar surface area (TPSA) is 89.9 Å². The van der Waals surface area contributed by atoms with E-state index in [1.807, 2.05) is 66.8 Å². The molecule has 1 amide bonds. The van der Waals surface area contributed by atoms with Gasteiger partial charge in [-0.1, -0.05) is 36.4 Å². The predicted molar refractivity (Wildman–Crippen MR) is 134 cm³/mol. The van der Waals surface area contributed by atoms with Gasteiger partial charge in [0.1, 0.15) is 0 Å². The van der Waals surface area contributed by atoms with Gasteiger partial charge in [0.05, 0.1) is 23.1 Å². The lowest BCUT2D eigenvalue weighted by molar-refractivity contribution is 0.100. The second kappa shape index (κ2) is 8.44. The Morgan fingerprint density at radius 3 is 2.26 bits per heavy atom. The molecule has 5 rings (SSSR count). The number of hydrogen-bond acceptors (Lipinski definition) is 5. The molecule has 0 aliphatic heterocycles. The molecular weight excluding hydrogens is 424 g/mol. The van der Waals surface area contributed by atoms with Gasteiger partial charge in [0.25, 0.3) is 0 Å². The van der Waals surface area contributed by atoms with E-state index < -0.39 is 5.91 Å². The van der Waals surface area contributed by atoms with Crippen molar-refractivity contribution < 1.29 is 4.79 Å². The lowest BCUT2D eigenvalue weighted by Gasteiger charge is -2.27. The van der Waals surface area contributed by atoms with Crippen molar-refractivity contribution in [3.05, 3.63) is 95.8 Å². The van der Waals surface area contributed by atoms with Gasteiger partial charge >= 0.3 is 0 Å². The SMILES string of the molecule is Cc1cccc(C)c1N(c1ccc(C(N)=O)cc1)c1nc(-c2cnn(C)c2)c2ccccc2n1. The van der Waals surface area contributed by atoms with E-state index >= 15 is 0 Å². The molecule has 0 radical (unpaired) electrons. The molecule has 5 aromatic rings. The Balaban J connectivity index is 1.80. The van der Waals surface area contributed by atoms with Gasteiger partial charge in [-0.2, -0.15) is 5.10 Å². The van der Waals surface area contributed by atoms with E-state index in [2.05, 4.69) is 31.1 Å². The first-order chi connectivity index (χ1) is 16.4. The number of para-hydroxylation sites is 2. The van der Waals surface area contributed by atoms with Crippen LogP contribution in [0.2, 0.25) is 0 Å². The third-order valence-electron chi connectivity index (χ3n) is 5.84. The smallest absolute Gasteiger partial charge is 0.248 e. The van der Waals surface area contributed by atoms with Crippen molar-refractivity contribution in [3.8, 4) is 11.3 Å². The Bertz CT molecular complexity index is 1500.